The Balaban J connectivity index is 1.85. The third-order valence-corrected chi connectivity index (χ3v) is 4.35. The molecule has 27 heavy (non-hydrogen) atoms. The molecule has 144 valence electrons. The van der Waals surface area contributed by atoms with Gasteiger partial charge in [-0.05, 0) is 36.6 Å². The molecule has 0 saturated heterocycles. The predicted molar refractivity (Wildman–Crippen MR) is 101 cm³/mol. The molecule has 0 unspecified atom stereocenters. The van der Waals surface area contributed by atoms with E-state index in [9.17, 15) is 4.79 Å². The molecular formula is C17H24N8O2. The number of nitrogens with one attached hydrogen (secondary N) is 1. The molecule has 3 heterocycles. The molecule has 0 radical (unpaired) electrons. The second kappa shape index (κ2) is 8.58. The van der Waals surface area contributed by atoms with Crippen LogP contribution in [0, 0.1) is 0 Å². The third kappa shape index (κ3) is 3.90. The highest BCUT2D eigenvalue weighted by Gasteiger charge is 2.22. The summed E-state index contributed by atoms with van der Waals surface area (Å²) in [6.07, 6.45) is 7.19. The number of carbonyl (C=O) groups excluding carboxylic acids is 1. The van der Waals surface area contributed by atoms with E-state index in [1.165, 1.54) is 0 Å². The number of amides is 1. The van der Waals surface area contributed by atoms with E-state index in [2.05, 4.69) is 30.2 Å². The Kier molecular flexibility index (Phi) is 5.97. The summed E-state index contributed by atoms with van der Waals surface area (Å²) in [5, 5.41) is 10.4. The summed E-state index contributed by atoms with van der Waals surface area (Å²) in [5.74, 6) is 0.464. The summed E-state index contributed by atoms with van der Waals surface area (Å²) >= 11 is 0. The minimum absolute atomic E-state index is 0.149. The van der Waals surface area contributed by atoms with Crippen LogP contribution < -0.4 is 16.8 Å². The van der Waals surface area contributed by atoms with Crippen LogP contribution in [0.1, 0.15) is 43.0 Å². The number of hydrogen-bond acceptors (Lipinski definition) is 8. The molecule has 10 heteroatoms. The summed E-state index contributed by atoms with van der Waals surface area (Å²) in [6.45, 7) is 3.83. The van der Waals surface area contributed by atoms with Gasteiger partial charge >= 0.3 is 0 Å². The van der Waals surface area contributed by atoms with Gasteiger partial charge in [0.2, 0.25) is 0 Å². The Bertz CT molecular complexity index is 917. The van der Waals surface area contributed by atoms with Gasteiger partial charge in [0.25, 0.3) is 5.91 Å². The van der Waals surface area contributed by atoms with Crippen molar-refractivity contribution in [3.8, 4) is 11.5 Å². The zero-order chi connectivity index (χ0) is 19.2. The van der Waals surface area contributed by atoms with Gasteiger partial charge in [-0.2, -0.15) is 0 Å². The summed E-state index contributed by atoms with van der Waals surface area (Å²) in [7, 11) is 0. The van der Waals surface area contributed by atoms with Gasteiger partial charge in [0, 0.05) is 19.3 Å². The number of imidazole rings is 1. The lowest BCUT2D eigenvalue weighted by Crippen LogP contribution is -2.25. The Morgan fingerprint density at radius 1 is 1.22 bits per heavy atom. The van der Waals surface area contributed by atoms with Crippen LogP contribution >= 0.6 is 0 Å². The summed E-state index contributed by atoms with van der Waals surface area (Å²) < 4.78 is 6.55. The summed E-state index contributed by atoms with van der Waals surface area (Å²) in [4.78, 5) is 21.4. The first-order chi connectivity index (χ1) is 13.2. The zero-order valence-corrected chi connectivity index (χ0v) is 15.3. The van der Waals surface area contributed by atoms with Crippen LogP contribution in [-0.2, 0) is 6.54 Å². The smallest absolute Gasteiger partial charge is 0.255 e. The van der Waals surface area contributed by atoms with Crippen molar-refractivity contribution in [1.29, 1.82) is 0 Å². The van der Waals surface area contributed by atoms with E-state index in [4.69, 9.17) is 11.5 Å². The van der Waals surface area contributed by atoms with E-state index in [-0.39, 0.29) is 11.7 Å². The Labute approximate surface area is 156 Å². The van der Waals surface area contributed by atoms with Crippen LogP contribution in [-0.4, -0.2) is 43.8 Å². The van der Waals surface area contributed by atoms with E-state index in [0.29, 0.717) is 47.7 Å². The van der Waals surface area contributed by atoms with Crippen molar-refractivity contribution in [1.82, 2.24) is 30.2 Å². The summed E-state index contributed by atoms with van der Waals surface area (Å²) in [5.41, 5.74) is 13.4. The fourth-order valence-corrected chi connectivity index (χ4v) is 3.01. The Morgan fingerprint density at radius 3 is 2.74 bits per heavy atom. The molecule has 0 fully saturated rings. The maximum Gasteiger partial charge on any atom is 0.255 e. The molecule has 0 aliphatic heterocycles. The van der Waals surface area contributed by atoms with Crippen molar-refractivity contribution >= 4 is 22.8 Å². The molecule has 10 nitrogen and oxygen atoms in total. The van der Waals surface area contributed by atoms with Crippen LogP contribution in [0.2, 0.25) is 0 Å². The van der Waals surface area contributed by atoms with E-state index in [1.54, 1.807) is 12.4 Å². The molecule has 0 aliphatic carbocycles. The Hall–Kier alpha value is -3.01. The maximum absolute atomic E-state index is 12.7. The number of rotatable bonds is 9. The normalized spacial score (nSPS) is 11.2. The molecule has 3 aromatic heterocycles. The lowest BCUT2D eigenvalue weighted by molar-refractivity contribution is 0.0954. The lowest BCUT2D eigenvalue weighted by Gasteiger charge is -2.09. The van der Waals surface area contributed by atoms with Crippen LogP contribution in [0.25, 0.3) is 22.6 Å². The molecule has 0 aliphatic rings. The largest absolute Gasteiger partial charge is 0.379 e. The first-order valence-electron chi connectivity index (χ1n) is 9.08. The highest BCUT2D eigenvalue weighted by atomic mass is 16.6. The van der Waals surface area contributed by atoms with E-state index in [1.807, 2.05) is 11.5 Å². The van der Waals surface area contributed by atoms with Gasteiger partial charge in [0.05, 0.1) is 17.3 Å². The number of hydrogen-bond donors (Lipinski definition) is 3. The number of nitrogen functional groups attached to an aromatic ring is 1. The van der Waals surface area contributed by atoms with Gasteiger partial charge in [0.15, 0.2) is 17.3 Å². The molecule has 3 rings (SSSR count). The van der Waals surface area contributed by atoms with E-state index < -0.39 is 0 Å². The second-order valence-corrected chi connectivity index (χ2v) is 6.19. The van der Waals surface area contributed by atoms with Gasteiger partial charge < -0.3 is 21.4 Å². The van der Waals surface area contributed by atoms with Gasteiger partial charge in [-0.15, -0.1) is 0 Å². The number of pyridine rings is 1. The molecule has 0 spiro atoms. The van der Waals surface area contributed by atoms with Crippen molar-refractivity contribution in [2.24, 2.45) is 5.73 Å². The van der Waals surface area contributed by atoms with Crippen LogP contribution in [0.5, 0.6) is 0 Å². The van der Waals surface area contributed by atoms with Crippen molar-refractivity contribution < 1.29 is 9.42 Å². The second-order valence-electron chi connectivity index (χ2n) is 6.19. The SMILES string of the molecule is CCn1c(-c2nonc2N)nc2cncc(C(=O)NCCCCCCN)c21. The average Bonchev–Trinajstić information content (AvgIpc) is 3.26. The number of aryl methyl sites for hydroxylation is 1. The van der Waals surface area contributed by atoms with Crippen LogP contribution in [0.3, 0.4) is 0 Å². The number of nitrogens with two attached hydrogens (primary N) is 2. The molecule has 5 N–H and O–H groups in total. The maximum atomic E-state index is 12.7. The highest BCUT2D eigenvalue weighted by Crippen LogP contribution is 2.28. The van der Waals surface area contributed by atoms with Crippen LogP contribution in [0.4, 0.5) is 5.82 Å². The van der Waals surface area contributed by atoms with Crippen LogP contribution in [0.15, 0.2) is 17.0 Å². The number of aromatic nitrogens is 5. The Morgan fingerprint density at radius 2 is 2.04 bits per heavy atom. The predicted octanol–water partition coefficient (Wildman–Crippen LogP) is 1.33. The van der Waals surface area contributed by atoms with Gasteiger partial charge in [0.1, 0.15) is 5.52 Å². The highest BCUT2D eigenvalue weighted by molar-refractivity contribution is 6.05. The first-order valence-corrected chi connectivity index (χ1v) is 9.08. The monoisotopic (exact) mass is 372 g/mol. The van der Waals surface area contributed by atoms with Gasteiger partial charge in [-0.3, -0.25) is 9.78 Å². The van der Waals surface area contributed by atoms with Crippen molar-refractivity contribution in [2.75, 3.05) is 18.8 Å². The van der Waals surface area contributed by atoms with E-state index >= 15 is 0 Å². The number of unbranched alkanes of at least 4 members (excludes halogenated alkanes) is 3. The molecule has 0 aromatic carbocycles. The molecular weight excluding hydrogens is 348 g/mol. The molecule has 0 saturated carbocycles. The fraction of sp³-hybridized carbons (Fsp3) is 0.471. The number of carbonyl (C=O) groups is 1. The molecule has 0 bridgehead atoms. The zero-order valence-electron chi connectivity index (χ0n) is 15.3. The number of fused-ring (bicyclic) bond motifs is 1. The lowest BCUT2D eigenvalue weighted by atomic mass is 10.2. The molecule has 3 aromatic rings. The average molecular weight is 372 g/mol. The molecule has 1 amide bonds. The third-order valence-electron chi connectivity index (χ3n) is 4.35. The van der Waals surface area contributed by atoms with E-state index in [0.717, 1.165) is 25.7 Å². The number of nitrogens with zero attached hydrogens (tertiary/aromatic N) is 5. The van der Waals surface area contributed by atoms with Gasteiger partial charge in [-0.25, -0.2) is 9.61 Å². The quantitative estimate of drug-likeness (QED) is 0.476. The summed E-state index contributed by atoms with van der Waals surface area (Å²) in [6, 6.07) is 0. The first kappa shape index (κ1) is 18.8. The molecule has 0 atom stereocenters. The van der Waals surface area contributed by atoms with Crippen molar-refractivity contribution in [3.63, 3.8) is 0 Å². The topological polar surface area (TPSA) is 151 Å². The minimum atomic E-state index is -0.181. The number of anilines is 1. The van der Waals surface area contributed by atoms with Crippen molar-refractivity contribution in [3.05, 3.63) is 18.0 Å². The minimum Gasteiger partial charge on any atom is -0.379 e. The standard InChI is InChI=1S/C17H24N8O2/c1-2-25-14-11(17(26)21-8-6-4-3-5-7-18)9-20-10-12(14)22-16(25)13-15(19)24-27-23-13/h9-10H,2-8,18H2,1H3,(H2,19,24)(H,21,26). The van der Waals surface area contributed by atoms with Gasteiger partial charge in [-0.1, -0.05) is 12.8 Å². The van der Waals surface area contributed by atoms with Crippen molar-refractivity contribution in [2.45, 2.75) is 39.2 Å². The fourth-order valence-electron chi connectivity index (χ4n) is 3.01.